The summed E-state index contributed by atoms with van der Waals surface area (Å²) in [4.78, 5) is 0. The van der Waals surface area contributed by atoms with Crippen LogP contribution in [0.4, 0.5) is 0 Å². The fourth-order valence-electron chi connectivity index (χ4n) is 3.54. The maximum Gasteiger partial charge on any atom is 0.0953 e. The van der Waals surface area contributed by atoms with Crippen molar-refractivity contribution in [1.29, 1.82) is 0 Å². The van der Waals surface area contributed by atoms with E-state index in [2.05, 4.69) is 46.3 Å². The Hall–Kier alpha value is -0.340. The first kappa shape index (κ1) is 9.86. The van der Waals surface area contributed by atoms with E-state index < -0.39 is 0 Å². The number of hydrogen-bond donors (Lipinski definition) is 1. The maximum absolute atomic E-state index is 10.4. The van der Waals surface area contributed by atoms with Crippen molar-refractivity contribution < 1.29 is 5.11 Å². The molecular formula is C13H15BrO. The number of hydrogen-bond acceptors (Lipinski definition) is 1. The lowest BCUT2D eigenvalue weighted by Gasteiger charge is -2.49. The van der Waals surface area contributed by atoms with Gasteiger partial charge in [-0.1, -0.05) is 59.2 Å². The summed E-state index contributed by atoms with van der Waals surface area (Å²) in [6.45, 7) is 0. The minimum atomic E-state index is -0.348. The molecule has 0 heterocycles. The van der Waals surface area contributed by atoms with E-state index in [9.17, 15) is 5.11 Å². The average Bonchev–Trinajstić information content (AvgIpc) is 2.49. The smallest absolute Gasteiger partial charge is 0.0953 e. The van der Waals surface area contributed by atoms with Crippen LogP contribution in [-0.2, 0) is 0 Å². The number of rotatable bonds is 0. The highest BCUT2D eigenvalue weighted by atomic mass is 79.9. The first-order chi connectivity index (χ1) is 7.20. The Morgan fingerprint density at radius 3 is 2.73 bits per heavy atom. The minimum absolute atomic E-state index is 0.0567. The zero-order valence-electron chi connectivity index (χ0n) is 8.62. The summed E-state index contributed by atoms with van der Waals surface area (Å²) in [7, 11) is 0. The summed E-state index contributed by atoms with van der Waals surface area (Å²) in [5, 5.41) is 10.4. The highest BCUT2D eigenvalue weighted by molar-refractivity contribution is 9.11. The van der Waals surface area contributed by atoms with Crippen LogP contribution in [0.15, 0.2) is 34.9 Å². The quantitative estimate of drug-likeness (QED) is 0.714. The summed E-state index contributed by atoms with van der Waals surface area (Å²) >= 11 is 3.52. The van der Waals surface area contributed by atoms with Gasteiger partial charge in [0.25, 0.3) is 0 Å². The van der Waals surface area contributed by atoms with Crippen LogP contribution < -0.4 is 0 Å². The molecule has 0 saturated heterocycles. The molecule has 15 heavy (non-hydrogen) atoms. The van der Waals surface area contributed by atoms with Gasteiger partial charge in [0.2, 0.25) is 0 Å². The zero-order valence-corrected chi connectivity index (χ0v) is 10.2. The molecule has 1 N–H and O–H groups in total. The van der Waals surface area contributed by atoms with Gasteiger partial charge >= 0.3 is 0 Å². The van der Waals surface area contributed by atoms with Crippen molar-refractivity contribution in [2.75, 3.05) is 0 Å². The Labute approximate surface area is 98.7 Å². The van der Waals surface area contributed by atoms with Gasteiger partial charge in [-0.25, -0.2) is 0 Å². The fraction of sp³-hybridized carbons (Fsp3) is 0.538. The van der Waals surface area contributed by atoms with Crippen LogP contribution in [-0.4, -0.2) is 11.2 Å². The SMILES string of the molecule is O[C@@H]1C(Br)=C[C@@]23C=CC=C[C@@]12CCCC3. The van der Waals surface area contributed by atoms with Crippen LogP contribution in [0.5, 0.6) is 0 Å². The third kappa shape index (κ3) is 1.07. The third-order valence-electron chi connectivity index (χ3n) is 4.34. The first-order valence-corrected chi connectivity index (χ1v) is 6.43. The molecule has 0 radical (unpaired) electrons. The predicted octanol–water partition coefficient (Wildman–Crippen LogP) is 3.31. The largest absolute Gasteiger partial charge is 0.387 e. The molecule has 0 aromatic heterocycles. The Morgan fingerprint density at radius 2 is 1.93 bits per heavy atom. The molecule has 0 bridgehead atoms. The van der Waals surface area contributed by atoms with Crippen molar-refractivity contribution in [3.63, 3.8) is 0 Å². The molecule has 3 atom stereocenters. The number of allylic oxidation sites excluding steroid dienone is 4. The van der Waals surface area contributed by atoms with Crippen LogP contribution >= 0.6 is 15.9 Å². The Kier molecular flexibility index (Phi) is 2.02. The summed E-state index contributed by atoms with van der Waals surface area (Å²) < 4.78 is 0.973. The van der Waals surface area contributed by atoms with E-state index in [-0.39, 0.29) is 16.9 Å². The van der Waals surface area contributed by atoms with Gasteiger partial charge in [-0.2, -0.15) is 0 Å². The van der Waals surface area contributed by atoms with Crippen LogP contribution in [0.25, 0.3) is 0 Å². The maximum atomic E-state index is 10.4. The highest BCUT2D eigenvalue weighted by Gasteiger charge is 2.57. The molecule has 1 saturated carbocycles. The molecule has 1 fully saturated rings. The van der Waals surface area contributed by atoms with Gasteiger partial charge in [0, 0.05) is 15.3 Å². The fourth-order valence-corrected chi connectivity index (χ4v) is 4.36. The van der Waals surface area contributed by atoms with Crippen molar-refractivity contribution in [3.8, 4) is 0 Å². The number of aliphatic hydroxyl groups is 1. The Bertz CT molecular complexity index is 382. The molecule has 3 aliphatic carbocycles. The zero-order chi connectivity index (χ0) is 10.5. The summed E-state index contributed by atoms with van der Waals surface area (Å²) in [6, 6.07) is 0. The second kappa shape index (κ2) is 3.08. The lowest BCUT2D eigenvalue weighted by atomic mass is 9.55. The van der Waals surface area contributed by atoms with Crippen LogP contribution in [0.1, 0.15) is 25.7 Å². The van der Waals surface area contributed by atoms with Crippen LogP contribution in [0.2, 0.25) is 0 Å². The predicted molar refractivity (Wildman–Crippen MR) is 64.6 cm³/mol. The molecule has 0 spiro atoms. The van der Waals surface area contributed by atoms with Crippen LogP contribution in [0.3, 0.4) is 0 Å². The topological polar surface area (TPSA) is 20.2 Å². The molecule has 80 valence electrons. The van der Waals surface area contributed by atoms with Crippen molar-refractivity contribution in [2.45, 2.75) is 31.8 Å². The standard InChI is InChI=1S/C13H15BrO/c14-10-9-12-5-1-3-7-13(12,11(10)15)8-4-2-6-12/h1,3,5,7,9,11,15H,2,4,6,8H2/t11-,12+,13-/m1/s1. The van der Waals surface area contributed by atoms with Gasteiger partial charge in [-0.05, 0) is 12.8 Å². The average molecular weight is 267 g/mol. The molecule has 0 aromatic carbocycles. The van der Waals surface area contributed by atoms with Crippen LogP contribution in [0, 0.1) is 10.8 Å². The van der Waals surface area contributed by atoms with E-state index in [1.165, 1.54) is 19.3 Å². The van der Waals surface area contributed by atoms with Crippen molar-refractivity contribution in [3.05, 3.63) is 34.9 Å². The highest BCUT2D eigenvalue weighted by Crippen LogP contribution is 2.63. The van der Waals surface area contributed by atoms with Crippen molar-refractivity contribution in [1.82, 2.24) is 0 Å². The van der Waals surface area contributed by atoms with E-state index in [4.69, 9.17) is 0 Å². The van der Waals surface area contributed by atoms with E-state index >= 15 is 0 Å². The van der Waals surface area contributed by atoms with Gasteiger partial charge < -0.3 is 5.11 Å². The first-order valence-electron chi connectivity index (χ1n) is 5.64. The summed E-state index contributed by atoms with van der Waals surface area (Å²) in [5.74, 6) is 0. The van der Waals surface area contributed by atoms with Crippen molar-refractivity contribution >= 4 is 15.9 Å². The molecule has 3 rings (SSSR count). The summed E-state index contributed by atoms with van der Waals surface area (Å²) in [6.07, 6.45) is 15.4. The van der Waals surface area contributed by atoms with E-state index in [1.807, 2.05) is 0 Å². The summed E-state index contributed by atoms with van der Waals surface area (Å²) in [5.41, 5.74) is 0.0249. The van der Waals surface area contributed by atoms with E-state index in [1.54, 1.807) is 0 Å². The molecule has 0 aromatic rings. The lowest BCUT2D eigenvalue weighted by molar-refractivity contribution is 0.0170. The molecule has 0 unspecified atom stereocenters. The second-order valence-electron chi connectivity index (χ2n) is 4.94. The lowest BCUT2D eigenvalue weighted by Crippen LogP contribution is -2.45. The monoisotopic (exact) mass is 266 g/mol. The molecule has 3 aliphatic rings. The van der Waals surface area contributed by atoms with Gasteiger partial charge in [-0.15, -0.1) is 0 Å². The van der Waals surface area contributed by atoms with Crippen molar-refractivity contribution in [2.24, 2.45) is 10.8 Å². The normalized spacial score (nSPS) is 47.3. The molecule has 2 heteroatoms. The van der Waals surface area contributed by atoms with E-state index in [0.717, 1.165) is 10.9 Å². The van der Waals surface area contributed by atoms with Gasteiger partial charge in [0.15, 0.2) is 0 Å². The van der Waals surface area contributed by atoms with E-state index in [0.29, 0.717) is 0 Å². The van der Waals surface area contributed by atoms with Gasteiger partial charge in [0.05, 0.1) is 6.10 Å². The molecule has 1 nitrogen and oxygen atoms in total. The molecular weight excluding hydrogens is 252 g/mol. The minimum Gasteiger partial charge on any atom is -0.387 e. The van der Waals surface area contributed by atoms with Gasteiger partial charge in [-0.3, -0.25) is 0 Å². The molecule has 0 aliphatic heterocycles. The van der Waals surface area contributed by atoms with Gasteiger partial charge in [0.1, 0.15) is 0 Å². The second-order valence-corrected chi connectivity index (χ2v) is 5.85. The third-order valence-corrected chi connectivity index (χ3v) is 5.00. The Morgan fingerprint density at radius 1 is 1.20 bits per heavy atom. The number of halogens is 1. The number of aliphatic hydroxyl groups excluding tert-OH is 1. The molecule has 0 amide bonds. The Balaban J connectivity index is 2.17.